The van der Waals surface area contributed by atoms with Crippen LogP contribution in [0.4, 0.5) is 5.69 Å². The number of anilines is 1. The van der Waals surface area contributed by atoms with Crippen molar-refractivity contribution in [3.63, 3.8) is 0 Å². The van der Waals surface area contributed by atoms with Gasteiger partial charge in [0.25, 0.3) is 0 Å². The fraction of sp³-hybridized carbons (Fsp3) is 0.227. The van der Waals surface area contributed by atoms with E-state index < -0.39 is 0 Å². The highest BCUT2D eigenvalue weighted by Gasteiger charge is 2.21. The summed E-state index contributed by atoms with van der Waals surface area (Å²) in [5.74, 6) is -0.0126. The number of hydrogen-bond donors (Lipinski definition) is 0. The van der Waals surface area contributed by atoms with E-state index in [0.29, 0.717) is 25.3 Å². The molecule has 0 unspecified atom stereocenters. The summed E-state index contributed by atoms with van der Waals surface area (Å²) in [6.45, 7) is 3.50. The minimum Gasteiger partial charge on any atom is -0.367 e. The van der Waals surface area contributed by atoms with Crippen LogP contribution in [0.15, 0.2) is 66.9 Å². The van der Waals surface area contributed by atoms with Crippen molar-refractivity contribution in [2.45, 2.75) is 6.54 Å². The standard InChI is InChI=1S/C22H22ClN5O/c23-20-8-4-5-9-21(20)26-12-14-27(15-13-26)22(29)11-10-19-17-28(25-24-19)16-18-6-2-1-3-7-18/h1-11,17H,12-16H2/b11-10+. The van der Waals surface area contributed by atoms with Crippen LogP contribution in [0.5, 0.6) is 0 Å². The SMILES string of the molecule is O=C(/C=C/c1cn(Cc2ccccc2)nn1)N1CCN(c2ccccc2Cl)CC1. The number of carbonyl (C=O) groups excluding carboxylic acids is 1. The normalized spacial score (nSPS) is 14.5. The molecule has 1 amide bonds. The molecule has 0 N–H and O–H groups in total. The molecule has 0 aliphatic carbocycles. The molecule has 3 aromatic rings. The highest BCUT2D eigenvalue weighted by molar-refractivity contribution is 6.33. The quantitative estimate of drug-likeness (QED) is 0.609. The summed E-state index contributed by atoms with van der Waals surface area (Å²) in [6, 6.07) is 17.9. The Labute approximate surface area is 175 Å². The first kappa shape index (κ1) is 19.2. The average Bonchev–Trinajstić information content (AvgIpc) is 3.20. The molecule has 1 aromatic heterocycles. The lowest BCUT2D eigenvalue weighted by Gasteiger charge is -2.36. The van der Waals surface area contributed by atoms with Gasteiger partial charge in [-0.25, -0.2) is 4.68 Å². The van der Waals surface area contributed by atoms with Crippen molar-refractivity contribution in [1.29, 1.82) is 0 Å². The number of amides is 1. The van der Waals surface area contributed by atoms with Gasteiger partial charge in [-0.3, -0.25) is 4.79 Å². The first-order valence-corrected chi connectivity index (χ1v) is 9.97. The first-order valence-electron chi connectivity index (χ1n) is 9.59. The van der Waals surface area contributed by atoms with Gasteiger partial charge in [-0.05, 0) is 23.8 Å². The van der Waals surface area contributed by atoms with Crippen molar-refractivity contribution in [2.24, 2.45) is 0 Å². The van der Waals surface area contributed by atoms with Gasteiger partial charge >= 0.3 is 0 Å². The molecule has 0 saturated carbocycles. The lowest BCUT2D eigenvalue weighted by Crippen LogP contribution is -2.48. The van der Waals surface area contributed by atoms with Crippen LogP contribution < -0.4 is 4.90 Å². The number of halogens is 1. The van der Waals surface area contributed by atoms with Crippen molar-refractivity contribution in [3.8, 4) is 0 Å². The van der Waals surface area contributed by atoms with E-state index in [-0.39, 0.29) is 5.91 Å². The molecule has 148 valence electrons. The second kappa shape index (κ2) is 8.92. The third kappa shape index (κ3) is 4.84. The van der Waals surface area contributed by atoms with Gasteiger partial charge in [0.05, 0.1) is 23.5 Å². The summed E-state index contributed by atoms with van der Waals surface area (Å²) < 4.78 is 1.77. The summed E-state index contributed by atoms with van der Waals surface area (Å²) in [5, 5.41) is 8.99. The zero-order chi connectivity index (χ0) is 20.1. The van der Waals surface area contributed by atoms with Crippen molar-refractivity contribution in [2.75, 3.05) is 31.1 Å². The Morgan fingerprint density at radius 3 is 2.48 bits per heavy atom. The number of hydrogen-bond acceptors (Lipinski definition) is 4. The number of para-hydroxylation sites is 1. The average molecular weight is 408 g/mol. The minimum atomic E-state index is -0.0126. The molecule has 0 atom stereocenters. The fourth-order valence-electron chi connectivity index (χ4n) is 3.38. The summed E-state index contributed by atoms with van der Waals surface area (Å²) in [6.07, 6.45) is 5.13. The van der Waals surface area contributed by atoms with Crippen molar-refractivity contribution in [1.82, 2.24) is 19.9 Å². The van der Waals surface area contributed by atoms with Crippen molar-refractivity contribution in [3.05, 3.63) is 83.2 Å². The smallest absolute Gasteiger partial charge is 0.246 e. The van der Waals surface area contributed by atoms with E-state index in [4.69, 9.17) is 11.6 Å². The fourth-order valence-corrected chi connectivity index (χ4v) is 3.63. The predicted octanol–water partition coefficient (Wildman–Crippen LogP) is 3.34. The number of rotatable bonds is 5. The number of carbonyl (C=O) groups is 1. The van der Waals surface area contributed by atoms with Crippen LogP contribution in [-0.4, -0.2) is 52.0 Å². The number of aromatic nitrogens is 3. The third-order valence-corrected chi connectivity index (χ3v) is 5.24. The highest BCUT2D eigenvalue weighted by atomic mass is 35.5. The third-order valence-electron chi connectivity index (χ3n) is 4.92. The Kier molecular flexibility index (Phi) is 5.91. The molecule has 0 spiro atoms. The zero-order valence-corrected chi connectivity index (χ0v) is 16.7. The van der Waals surface area contributed by atoms with Gasteiger partial charge < -0.3 is 9.80 Å². The molecule has 29 heavy (non-hydrogen) atoms. The molecule has 0 radical (unpaired) electrons. The highest BCUT2D eigenvalue weighted by Crippen LogP contribution is 2.26. The van der Waals surface area contributed by atoms with Crippen LogP contribution in [0.3, 0.4) is 0 Å². The number of nitrogens with zero attached hydrogens (tertiary/aromatic N) is 5. The molecular formula is C22H22ClN5O. The lowest BCUT2D eigenvalue weighted by molar-refractivity contribution is -0.126. The Morgan fingerprint density at radius 2 is 1.72 bits per heavy atom. The topological polar surface area (TPSA) is 54.3 Å². The van der Waals surface area contributed by atoms with E-state index in [1.807, 2.05) is 65.7 Å². The van der Waals surface area contributed by atoms with Crippen LogP contribution in [0.25, 0.3) is 6.08 Å². The predicted molar refractivity (Wildman–Crippen MR) is 115 cm³/mol. The van der Waals surface area contributed by atoms with Crippen LogP contribution in [0.2, 0.25) is 5.02 Å². The van der Waals surface area contributed by atoms with E-state index in [2.05, 4.69) is 15.2 Å². The molecule has 0 bridgehead atoms. The zero-order valence-electron chi connectivity index (χ0n) is 16.0. The summed E-state index contributed by atoms with van der Waals surface area (Å²) >= 11 is 6.28. The Bertz CT molecular complexity index is 993. The second-order valence-corrected chi connectivity index (χ2v) is 7.33. The van der Waals surface area contributed by atoms with Crippen LogP contribution in [-0.2, 0) is 11.3 Å². The molecular weight excluding hydrogens is 386 g/mol. The number of piperazine rings is 1. The van der Waals surface area contributed by atoms with E-state index in [1.165, 1.54) is 0 Å². The maximum absolute atomic E-state index is 12.5. The van der Waals surface area contributed by atoms with Crippen molar-refractivity contribution >= 4 is 29.3 Å². The van der Waals surface area contributed by atoms with E-state index in [0.717, 1.165) is 29.4 Å². The first-order chi connectivity index (χ1) is 14.2. The summed E-state index contributed by atoms with van der Waals surface area (Å²) in [4.78, 5) is 16.6. The maximum atomic E-state index is 12.5. The van der Waals surface area contributed by atoms with Gasteiger partial charge in [0.1, 0.15) is 5.69 Å². The summed E-state index contributed by atoms with van der Waals surface area (Å²) in [5.41, 5.74) is 2.84. The monoisotopic (exact) mass is 407 g/mol. The van der Waals surface area contributed by atoms with Crippen molar-refractivity contribution < 1.29 is 4.79 Å². The molecule has 6 nitrogen and oxygen atoms in total. The Balaban J connectivity index is 1.31. The van der Waals surface area contributed by atoms with Gasteiger partial charge in [0.15, 0.2) is 0 Å². The van der Waals surface area contributed by atoms with Gasteiger partial charge in [0, 0.05) is 32.3 Å². The molecule has 7 heteroatoms. The van der Waals surface area contributed by atoms with Gasteiger partial charge in [-0.2, -0.15) is 0 Å². The molecule has 1 saturated heterocycles. The van der Waals surface area contributed by atoms with Gasteiger partial charge in [-0.1, -0.05) is 59.3 Å². The second-order valence-electron chi connectivity index (χ2n) is 6.92. The van der Waals surface area contributed by atoms with Crippen LogP contribution in [0.1, 0.15) is 11.3 Å². The lowest BCUT2D eigenvalue weighted by atomic mass is 10.2. The molecule has 1 aliphatic heterocycles. The molecule has 2 heterocycles. The van der Waals surface area contributed by atoms with Crippen LogP contribution >= 0.6 is 11.6 Å². The molecule has 2 aromatic carbocycles. The minimum absolute atomic E-state index is 0.0126. The summed E-state index contributed by atoms with van der Waals surface area (Å²) in [7, 11) is 0. The van der Waals surface area contributed by atoms with E-state index in [1.54, 1.807) is 16.8 Å². The van der Waals surface area contributed by atoms with Crippen LogP contribution in [0, 0.1) is 0 Å². The van der Waals surface area contributed by atoms with E-state index in [9.17, 15) is 4.79 Å². The van der Waals surface area contributed by atoms with Gasteiger partial charge in [0.2, 0.25) is 5.91 Å². The van der Waals surface area contributed by atoms with E-state index >= 15 is 0 Å². The molecule has 4 rings (SSSR count). The largest absolute Gasteiger partial charge is 0.367 e. The van der Waals surface area contributed by atoms with Gasteiger partial charge in [-0.15, -0.1) is 5.10 Å². The number of benzene rings is 2. The molecule has 1 aliphatic rings. The maximum Gasteiger partial charge on any atom is 0.246 e. The molecule has 1 fully saturated rings. The Hall–Kier alpha value is -3.12. The Morgan fingerprint density at radius 1 is 1.00 bits per heavy atom.